The molecule has 0 saturated carbocycles. The van der Waals surface area contributed by atoms with Gasteiger partial charge < -0.3 is 15.5 Å². The maximum absolute atomic E-state index is 13.0. The van der Waals surface area contributed by atoms with E-state index in [0.717, 1.165) is 5.56 Å². The van der Waals surface area contributed by atoms with Gasteiger partial charge in [0.05, 0.1) is 6.04 Å². The number of benzene rings is 1. The summed E-state index contributed by atoms with van der Waals surface area (Å²) in [6.07, 6.45) is 1.32. The van der Waals surface area contributed by atoms with Crippen molar-refractivity contribution in [1.82, 2.24) is 15.5 Å². The number of nitrogens with one attached hydrogen (secondary N) is 2. The molecule has 0 bridgehead atoms. The van der Waals surface area contributed by atoms with Gasteiger partial charge in [0.15, 0.2) is 0 Å². The van der Waals surface area contributed by atoms with Gasteiger partial charge in [0.2, 0.25) is 11.8 Å². The van der Waals surface area contributed by atoms with Gasteiger partial charge in [-0.05, 0) is 31.4 Å². The van der Waals surface area contributed by atoms with Crippen LogP contribution in [0.15, 0.2) is 30.3 Å². The molecule has 1 unspecified atom stereocenters. The summed E-state index contributed by atoms with van der Waals surface area (Å²) in [5.41, 5.74) is 1.11. The molecule has 5 nitrogen and oxygen atoms in total. The quantitative estimate of drug-likeness (QED) is 0.828. The molecule has 5 heteroatoms. The number of carbonyl (C=O) groups excluding carboxylic acids is 2. The summed E-state index contributed by atoms with van der Waals surface area (Å²) in [5.74, 6) is 0.339. The molecule has 0 aromatic heterocycles. The Morgan fingerprint density at radius 1 is 1.35 bits per heavy atom. The van der Waals surface area contributed by atoms with Gasteiger partial charge in [0.1, 0.15) is 6.04 Å². The van der Waals surface area contributed by atoms with Crippen LogP contribution < -0.4 is 10.6 Å². The second-order valence-electron chi connectivity index (χ2n) is 6.50. The lowest BCUT2D eigenvalue weighted by molar-refractivity contribution is -0.145. The highest BCUT2D eigenvalue weighted by Crippen LogP contribution is 2.17. The Morgan fingerprint density at radius 3 is 2.65 bits per heavy atom. The van der Waals surface area contributed by atoms with Crippen LogP contribution in [-0.4, -0.2) is 48.9 Å². The van der Waals surface area contributed by atoms with E-state index >= 15 is 0 Å². The molecular formula is C18H27N3O2. The maximum atomic E-state index is 13.0. The van der Waals surface area contributed by atoms with E-state index in [1.165, 1.54) is 0 Å². The molecular weight excluding hydrogens is 290 g/mol. The minimum absolute atomic E-state index is 0.0110. The number of hydrogen-bond acceptors (Lipinski definition) is 3. The Labute approximate surface area is 138 Å². The molecule has 1 aliphatic heterocycles. The monoisotopic (exact) mass is 317 g/mol. The third-order valence-corrected chi connectivity index (χ3v) is 4.24. The third-order valence-electron chi connectivity index (χ3n) is 4.24. The van der Waals surface area contributed by atoms with Crippen LogP contribution in [0.3, 0.4) is 0 Å². The normalized spacial score (nSPS) is 19.6. The van der Waals surface area contributed by atoms with Crippen molar-refractivity contribution in [3.63, 3.8) is 0 Å². The predicted octanol–water partition coefficient (Wildman–Crippen LogP) is 1.19. The van der Waals surface area contributed by atoms with Crippen LogP contribution in [0.2, 0.25) is 0 Å². The number of nitrogens with zero attached hydrogens (tertiary/aromatic N) is 1. The van der Waals surface area contributed by atoms with E-state index in [4.69, 9.17) is 0 Å². The van der Waals surface area contributed by atoms with Crippen LogP contribution in [0, 0.1) is 5.92 Å². The lowest BCUT2D eigenvalue weighted by Gasteiger charge is -2.38. The lowest BCUT2D eigenvalue weighted by Crippen LogP contribution is -2.61. The van der Waals surface area contributed by atoms with Gasteiger partial charge >= 0.3 is 0 Å². The highest BCUT2D eigenvalue weighted by molar-refractivity contribution is 5.91. The molecule has 1 aliphatic rings. The topological polar surface area (TPSA) is 61.4 Å². The Morgan fingerprint density at radius 2 is 2.04 bits per heavy atom. The van der Waals surface area contributed by atoms with Crippen molar-refractivity contribution in [2.24, 2.45) is 5.92 Å². The summed E-state index contributed by atoms with van der Waals surface area (Å²) >= 11 is 0. The zero-order valence-corrected chi connectivity index (χ0v) is 14.2. The van der Waals surface area contributed by atoms with E-state index < -0.39 is 0 Å². The van der Waals surface area contributed by atoms with Gasteiger partial charge in [0.25, 0.3) is 0 Å². The molecule has 2 rings (SSSR count). The Kier molecular flexibility index (Phi) is 6.16. The zero-order chi connectivity index (χ0) is 16.8. The predicted molar refractivity (Wildman–Crippen MR) is 91.0 cm³/mol. The molecule has 126 valence electrons. The molecule has 2 N–H and O–H groups in total. The van der Waals surface area contributed by atoms with Crippen molar-refractivity contribution in [2.45, 2.75) is 38.8 Å². The lowest BCUT2D eigenvalue weighted by atomic mass is 9.98. The first-order valence-electron chi connectivity index (χ1n) is 8.32. The highest BCUT2D eigenvalue weighted by Gasteiger charge is 2.35. The Bertz CT molecular complexity index is 530. The average Bonchev–Trinajstić information content (AvgIpc) is 2.54. The van der Waals surface area contributed by atoms with Crippen LogP contribution in [0.5, 0.6) is 0 Å². The maximum Gasteiger partial charge on any atom is 0.242 e. The van der Waals surface area contributed by atoms with Gasteiger partial charge in [-0.3, -0.25) is 9.59 Å². The fourth-order valence-electron chi connectivity index (χ4n) is 3.02. The number of amides is 2. The minimum atomic E-state index is -0.358. The molecule has 2 atom stereocenters. The first-order valence-corrected chi connectivity index (χ1v) is 8.32. The van der Waals surface area contributed by atoms with Crippen molar-refractivity contribution < 1.29 is 9.59 Å². The van der Waals surface area contributed by atoms with E-state index in [1.807, 2.05) is 30.3 Å². The fourth-order valence-corrected chi connectivity index (χ4v) is 3.02. The summed E-state index contributed by atoms with van der Waals surface area (Å²) in [5, 5.41) is 5.99. The summed E-state index contributed by atoms with van der Waals surface area (Å²) in [7, 11) is 1.80. The van der Waals surface area contributed by atoms with Crippen LogP contribution >= 0.6 is 0 Å². The summed E-state index contributed by atoms with van der Waals surface area (Å²) in [4.78, 5) is 26.9. The molecule has 1 saturated heterocycles. The SMILES string of the molecule is CN[C@@H](Cc1ccccc1)C(=O)N1CCNC(=O)C1CC(C)C. The van der Waals surface area contributed by atoms with E-state index in [9.17, 15) is 9.59 Å². The van der Waals surface area contributed by atoms with Crippen molar-refractivity contribution >= 4 is 11.8 Å². The zero-order valence-electron chi connectivity index (χ0n) is 14.2. The molecule has 2 amide bonds. The Hall–Kier alpha value is -1.88. The van der Waals surface area contributed by atoms with Crippen LogP contribution in [0.1, 0.15) is 25.8 Å². The summed E-state index contributed by atoms with van der Waals surface area (Å²) in [6.45, 7) is 5.25. The molecule has 0 radical (unpaired) electrons. The van der Waals surface area contributed by atoms with Gasteiger partial charge in [-0.15, -0.1) is 0 Å². The first kappa shape index (κ1) is 17.5. The van der Waals surface area contributed by atoms with Crippen molar-refractivity contribution in [3.8, 4) is 0 Å². The van der Waals surface area contributed by atoms with Gasteiger partial charge in [-0.2, -0.15) is 0 Å². The number of rotatable bonds is 6. The molecule has 1 aromatic carbocycles. The van der Waals surface area contributed by atoms with Crippen LogP contribution in [-0.2, 0) is 16.0 Å². The van der Waals surface area contributed by atoms with E-state index in [-0.39, 0.29) is 23.9 Å². The van der Waals surface area contributed by atoms with Gasteiger partial charge in [-0.1, -0.05) is 44.2 Å². The van der Waals surface area contributed by atoms with Crippen LogP contribution in [0.25, 0.3) is 0 Å². The molecule has 0 spiro atoms. The molecule has 1 fully saturated rings. The summed E-state index contributed by atoms with van der Waals surface area (Å²) in [6, 6.07) is 9.29. The van der Waals surface area contributed by atoms with Crippen LogP contribution in [0.4, 0.5) is 0 Å². The largest absolute Gasteiger partial charge is 0.353 e. The second kappa shape index (κ2) is 8.11. The molecule has 0 aliphatic carbocycles. The second-order valence-corrected chi connectivity index (χ2v) is 6.50. The van der Waals surface area contributed by atoms with Gasteiger partial charge in [0, 0.05) is 13.1 Å². The molecule has 1 heterocycles. The first-order chi connectivity index (χ1) is 11.0. The standard InChI is InChI=1S/C18H27N3O2/c1-13(2)11-16-17(22)20-9-10-21(16)18(23)15(19-3)12-14-7-5-4-6-8-14/h4-8,13,15-16,19H,9-12H2,1-3H3,(H,20,22)/t15-,16?/m0/s1. The fraction of sp³-hybridized carbons (Fsp3) is 0.556. The van der Waals surface area contributed by atoms with E-state index in [2.05, 4.69) is 24.5 Å². The van der Waals surface area contributed by atoms with Crippen molar-refractivity contribution in [1.29, 1.82) is 0 Å². The molecule has 23 heavy (non-hydrogen) atoms. The number of piperazine rings is 1. The smallest absolute Gasteiger partial charge is 0.242 e. The summed E-state index contributed by atoms with van der Waals surface area (Å²) < 4.78 is 0. The van der Waals surface area contributed by atoms with Crippen molar-refractivity contribution in [2.75, 3.05) is 20.1 Å². The minimum Gasteiger partial charge on any atom is -0.353 e. The van der Waals surface area contributed by atoms with E-state index in [0.29, 0.717) is 31.8 Å². The average molecular weight is 317 g/mol. The third kappa shape index (κ3) is 4.55. The Balaban J connectivity index is 2.12. The highest BCUT2D eigenvalue weighted by atomic mass is 16.2. The van der Waals surface area contributed by atoms with Crippen molar-refractivity contribution in [3.05, 3.63) is 35.9 Å². The van der Waals surface area contributed by atoms with E-state index in [1.54, 1.807) is 11.9 Å². The number of carbonyl (C=O) groups is 2. The number of likely N-dealkylation sites (N-methyl/N-ethyl adjacent to an activating group) is 1. The van der Waals surface area contributed by atoms with Gasteiger partial charge in [-0.25, -0.2) is 0 Å². The molecule has 1 aromatic rings. The number of hydrogen-bond donors (Lipinski definition) is 2.